The second-order valence-electron chi connectivity index (χ2n) is 7.47. The largest absolute Gasteiger partial charge is 0.744 e. The third-order valence-corrected chi connectivity index (χ3v) is 6.55. The van der Waals surface area contributed by atoms with E-state index < -0.39 is 10.1 Å². The van der Waals surface area contributed by atoms with Crippen molar-refractivity contribution < 1.29 is 13.0 Å². The summed E-state index contributed by atoms with van der Waals surface area (Å²) in [7, 11) is -4.66. The quantitative estimate of drug-likeness (QED) is 0.515. The van der Waals surface area contributed by atoms with Gasteiger partial charge in [0, 0.05) is 11.1 Å². The minimum Gasteiger partial charge on any atom is -0.744 e. The molecule has 1 fully saturated rings. The van der Waals surface area contributed by atoms with E-state index in [0.29, 0.717) is 17.0 Å². The molecule has 144 valence electrons. The Kier molecular flexibility index (Phi) is 5.33. The molecule has 0 saturated heterocycles. The van der Waals surface area contributed by atoms with E-state index in [2.05, 4.69) is 0 Å². The molecule has 0 radical (unpaired) electrons. The van der Waals surface area contributed by atoms with E-state index in [1.54, 1.807) is 0 Å². The van der Waals surface area contributed by atoms with E-state index in [1.165, 1.54) is 19.3 Å². The Morgan fingerprint density at radius 1 is 0.714 bits per heavy atom. The van der Waals surface area contributed by atoms with Crippen LogP contribution in [-0.4, -0.2) is 13.0 Å². The lowest BCUT2D eigenvalue weighted by molar-refractivity contribution is 0.443. The van der Waals surface area contributed by atoms with Crippen molar-refractivity contribution in [1.29, 1.82) is 0 Å². The van der Waals surface area contributed by atoms with E-state index in [9.17, 15) is 13.0 Å². The van der Waals surface area contributed by atoms with Gasteiger partial charge in [-0.15, -0.1) is 0 Å². The summed E-state index contributed by atoms with van der Waals surface area (Å²) in [6.07, 6.45) is 5.83. The van der Waals surface area contributed by atoms with Crippen molar-refractivity contribution in [2.45, 2.75) is 42.9 Å². The van der Waals surface area contributed by atoms with Crippen molar-refractivity contribution >= 4 is 10.1 Å². The van der Waals surface area contributed by atoms with Crippen molar-refractivity contribution in [3.63, 3.8) is 0 Å². The molecule has 3 nitrogen and oxygen atoms in total. The predicted molar refractivity (Wildman–Crippen MR) is 111 cm³/mol. The van der Waals surface area contributed by atoms with Gasteiger partial charge in [0.15, 0.2) is 0 Å². The number of hydrogen-bond acceptors (Lipinski definition) is 3. The molecule has 1 aliphatic rings. The lowest BCUT2D eigenvalue weighted by Gasteiger charge is -2.26. The van der Waals surface area contributed by atoms with Crippen LogP contribution in [0.3, 0.4) is 0 Å². The highest BCUT2D eigenvalue weighted by atomic mass is 32.2. The first-order chi connectivity index (χ1) is 13.5. The van der Waals surface area contributed by atoms with Crippen LogP contribution in [0.25, 0.3) is 22.3 Å². The first-order valence-electron chi connectivity index (χ1n) is 9.79. The van der Waals surface area contributed by atoms with Crippen LogP contribution in [0, 0.1) is 0 Å². The third-order valence-electron chi connectivity index (χ3n) is 5.61. The molecule has 0 atom stereocenters. The summed E-state index contributed by atoms with van der Waals surface area (Å²) in [5.41, 5.74) is 3.67. The molecule has 0 aliphatic heterocycles. The van der Waals surface area contributed by atoms with Gasteiger partial charge in [0.2, 0.25) is 0 Å². The van der Waals surface area contributed by atoms with Crippen molar-refractivity contribution in [2.24, 2.45) is 0 Å². The second-order valence-corrected chi connectivity index (χ2v) is 8.78. The number of benzene rings is 3. The minimum absolute atomic E-state index is 0.121. The molecule has 0 heterocycles. The summed E-state index contributed by atoms with van der Waals surface area (Å²) in [6.45, 7) is 0. The van der Waals surface area contributed by atoms with Crippen molar-refractivity contribution in [3.8, 4) is 22.3 Å². The highest BCUT2D eigenvalue weighted by Gasteiger charge is 2.23. The lowest BCUT2D eigenvalue weighted by Crippen LogP contribution is -2.09. The molecule has 3 aromatic carbocycles. The molecular weight excluding hydrogens is 368 g/mol. The Morgan fingerprint density at radius 2 is 1.18 bits per heavy atom. The number of hydrogen-bond donors (Lipinski definition) is 0. The molecule has 0 bridgehead atoms. The maximum Gasteiger partial charge on any atom is 0.125 e. The normalized spacial score (nSPS) is 15.5. The van der Waals surface area contributed by atoms with E-state index >= 15 is 0 Å². The van der Waals surface area contributed by atoms with Crippen LogP contribution in [0.2, 0.25) is 0 Å². The fraction of sp³-hybridized carbons (Fsp3) is 0.250. The highest BCUT2D eigenvalue weighted by Crippen LogP contribution is 2.41. The van der Waals surface area contributed by atoms with Crippen LogP contribution >= 0.6 is 0 Å². The van der Waals surface area contributed by atoms with Gasteiger partial charge in [-0.3, -0.25) is 0 Å². The van der Waals surface area contributed by atoms with E-state index in [4.69, 9.17) is 0 Å². The van der Waals surface area contributed by atoms with E-state index in [-0.39, 0.29) is 4.90 Å². The highest BCUT2D eigenvalue weighted by molar-refractivity contribution is 7.86. The van der Waals surface area contributed by atoms with Crippen LogP contribution in [0.15, 0.2) is 77.7 Å². The van der Waals surface area contributed by atoms with Gasteiger partial charge in [0.1, 0.15) is 10.1 Å². The molecule has 0 spiro atoms. The van der Waals surface area contributed by atoms with Crippen LogP contribution < -0.4 is 0 Å². The van der Waals surface area contributed by atoms with Gasteiger partial charge in [-0.05, 0) is 47.6 Å². The first kappa shape index (κ1) is 18.9. The molecule has 1 aliphatic carbocycles. The standard InChI is InChI=1S/C24H24O3S/c25-28(26,27)24-22(19-12-6-2-7-13-19)16-21(18-10-4-1-5-11-18)17-23(24)20-14-8-3-9-15-20/h2-3,6-9,12-18H,1,4-5,10-11H2,(H,25,26,27)/p-1. The smallest absolute Gasteiger partial charge is 0.125 e. The Morgan fingerprint density at radius 3 is 1.61 bits per heavy atom. The van der Waals surface area contributed by atoms with E-state index in [0.717, 1.165) is 29.5 Å². The van der Waals surface area contributed by atoms with Gasteiger partial charge in [-0.2, -0.15) is 0 Å². The molecule has 1 saturated carbocycles. The van der Waals surface area contributed by atoms with Crippen LogP contribution in [-0.2, 0) is 10.1 Å². The Balaban J connectivity index is 2.02. The number of rotatable bonds is 4. The van der Waals surface area contributed by atoms with Crippen LogP contribution in [0.4, 0.5) is 0 Å². The Hall–Kier alpha value is -2.43. The maximum absolute atomic E-state index is 12.4. The molecule has 0 aromatic heterocycles. The minimum atomic E-state index is -4.66. The molecule has 4 rings (SSSR count). The average Bonchev–Trinajstić information content (AvgIpc) is 2.74. The zero-order valence-corrected chi connectivity index (χ0v) is 16.5. The predicted octanol–water partition coefficient (Wildman–Crippen LogP) is 5.97. The summed E-state index contributed by atoms with van der Waals surface area (Å²) in [5.74, 6) is 0.405. The van der Waals surface area contributed by atoms with Gasteiger partial charge >= 0.3 is 0 Å². The summed E-state index contributed by atoms with van der Waals surface area (Å²) in [6, 6.07) is 22.6. The topological polar surface area (TPSA) is 57.2 Å². The fourth-order valence-corrected chi connectivity index (χ4v) is 5.15. The third kappa shape index (κ3) is 3.89. The second kappa shape index (κ2) is 7.90. The Bertz CT molecular complexity index is 991. The maximum atomic E-state index is 12.4. The molecule has 0 amide bonds. The van der Waals surface area contributed by atoms with Gasteiger partial charge in [-0.1, -0.05) is 79.9 Å². The van der Waals surface area contributed by atoms with Gasteiger partial charge < -0.3 is 4.55 Å². The van der Waals surface area contributed by atoms with Crippen LogP contribution in [0.5, 0.6) is 0 Å². The molecular formula is C24H23O3S-. The van der Waals surface area contributed by atoms with Gasteiger partial charge in [-0.25, -0.2) is 8.42 Å². The Labute approximate surface area is 166 Å². The molecule has 4 heteroatoms. The lowest BCUT2D eigenvalue weighted by atomic mass is 9.82. The summed E-state index contributed by atoms with van der Waals surface area (Å²) < 4.78 is 37.1. The molecule has 3 aromatic rings. The zero-order chi connectivity index (χ0) is 19.6. The first-order valence-corrected chi connectivity index (χ1v) is 11.2. The van der Waals surface area contributed by atoms with Crippen molar-refractivity contribution in [2.75, 3.05) is 0 Å². The summed E-state index contributed by atoms with van der Waals surface area (Å²) >= 11 is 0. The van der Waals surface area contributed by atoms with Gasteiger partial charge in [0.25, 0.3) is 0 Å². The molecule has 0 N–H and O–H groups in total. The monoisotopic (exact) mass is 391 g/mol. The SMILES string of the molecule is O=S(=O)([O-])c1c(-c2ccccc2)cc(C2CCCCC2)cc1-c1ccccc1. The zero-order valence-electron chi connectivity index (χ0n) is 15.7. The van der Waals surface area contributed by atoms with Crippen LogP contribution in [0.1, 0.15) is 43.6 Å². The molecule has 28 heavy (non-hydrogen) atoms. The summed E-state index contributed by atoms with van der Waals surface area (Å²) in [4.78, 5) is -0.121. The van der Waals surface area contributed by atoms with Crippen molar-refractivity contribution in [3.05, 3.63) is 78.4 Å². The van der Waals surface area contributed by atoms with Crippen molar-refractivity contribution in [1.82, 2.24) is 0 Å². The summed E-state index contributed by atoms with van der Waals surface area (Å²) in [5, 5.41) is 0. The van der Waals surface area contributed by atoms with Gasteiger partial charge in [0.05, 0.1) is 4.90 Å². The molecule has 0 unspecified atom stereocenters. The average molecular weight is 392 g/mol. The van der Waals surface area contributed by atoms with E-state index in [1.807, 2.05) is 72.8 Å². The fourth-order valence-electron chi connectivity index (χ4n) is 4.26.